The summed E-state index contributed by atoms with van der Waals surface area (Å²) in [7, 11) is 0. The molecular formula is C25H18N4O. The monoisotopic (exact) mass is 390 g/mol. The highest BCUT2D eigenvalue weighted by Gasteiger charge is 2.10. The molecule has 0 saturated carbocycles. The summed E-state index contributed by atoms with van der Waals surface area (Å²) in [4.78, 5) is 28.7. The molecule has 0 unspecified atom stereocenters. The Morgan fingerprint density at radius 1 is 0.800 bits per heavy atom. The van der Waals surface area contributed by atoms with Crippen LogP contribution in [0, 0.1) is 0 Å². The van der Waals surface area contributed by atoms with E-state index >= 15 is 0 Å². The van der Waals surface area contributed by atoms with Crippen LogP contribution >= 0.6 is 0 Å². The number of nitrogens with one attached hydrogen (secondary N) is 1. The third-order valence-corrected chi connectivity index (χ3v) is 5.06. The molecule has 0 saturated heterocycles. The van der Waals surface area contributed by atoms with Crippen LogP contribution in [0.2, 0.25) is 0 Å². The number of ketones is 1. The van der Waals surface area contributed by atoms with Gasteiger partial charge in [0.1, 0.15) is 12.2 Å². The molecule has 5 heteroatoms. The molecule has 0 aliphatic heterocycles. The molecule has 0 amide bonds. The number of carbonyl (C=O) groups is 1. The maximum absolute atomic E-state index is 12.5. The van der Waals surface area contributed by atoms with E-state index in [-0.39, 0.29) is 5.78 Å². The zero-order valence-corrected chi connectivity index (χ0v) is 16.1. The Morgan fingerprint density at radius 2 is 1.53 bits per heavy atom. The molecule has 2 aromatic heterocycles. The zero-order valence-electron chi connectivity index (χ0n) is 16.1. The summed E-state index contributed by atoms with van der Waals surface area (Å²) in [5.41, 5.74) is 6.51. The van der Waals surface area contributed by atoms with Crippen molar-refractivity contribution < 1.29 is 4.79 Å². The molecular weight excluding hydrogens is 372 g/mol. The van der Waals surface area contributed by atoms with Crippen LogP contribution < -0.4 is 0 Å². The van der Waals surface area contributed by atoms with Crippen LogP contribution in [0.1, 0.15) is 15.9 Å². The van der Waals surface area contributed by atoms with Crippen molar-refractivity contribution in [2.45, 2.75) is 6.42 Å². The first-order valence-corrected chi connectivity index (χ1v) is 9.69. The van der Waals surface area contributed by atoms with Gasteiger partial charge in [0.05, 0.1) is 11.0 Å². The highest BCUT2D eigenvalue weighted by atomic mass is 16.1. The number of aromatic nitrogens is 4. The Labute approximate surface area is 173 Å². The lowest BCUT2D eigenvalue weighted by Gasteiger charge is -2.02. The second-order valence-corrected chi connectivity index (χ2v) is 7.11. The molecule has 5 rings (SSSR count). The van der Waals surface area contributed by atoms with Gasteiger partial charge in [-0.05, 0) is 23.3 Å². The molecule has 0 fully saturated rings. The molecule has 0 aliphatic carbocycles. The Hall–Kier alpha value is -4.12. The van der Waals surface area contributed by atoms with Gasteiger partial charge < -0.3 is 4.98 Å². The fraction of sp³-hybridized carbons (Fsp3) is 0.0400. The Bertz CT molecular complexity index is 1310. The van der Waals surface area contributed by atoms with E-state index in [4.69, 9.17) is 4.98 Å². The molecule has 144 valence electrons. The predicted octanol–water partition coefficient (Wildman–Crippen LogP) is 5.11. The Morgan fingerprint density at radius 3 is 2.30 bits per heavy atom. The van der Waals surface area contributed by atoms with Crippen LogP contribution in [-0.4, -0.2) is 25.7 Å². The smallest absolute Gasteiger partial charge is 0.167 e. The molecule has 5 aromatic rings. The Balaban J connectivity index is 1.39. The number of nitrogens with zero attached hydrogens (tertiary/aromatic N) is 3. The summed E-state index contributed by atoms with van der Waals surface area (Å²) in [6.07, 6.45) is 5.47. The quantitative estimate of drug-likeness (QED) is 0.423. The van der Waals surface area contributed by atoms with E-state index in [2.05, 4.69) is 15.0 Å². The van der Waals surface area contributed by atoms with Gasteiger partial charge in [0, 0.05) is 35.5 Å². The highest BCUT2D eigenvalue weighted by molar-refractivity contribution is 5.97. The molecule has 30 heavy (non-hydrogen) atoms. The van der Waals surface area contributed by atoms with Crippen molar-refractivity contribution in [3.05, 3.63) is 103 Å². The van der Waals surface area contributed by atoms with Gasteiger partial charge in [0.2, 0.25) is 0 Å². The molecule has 0 atom stereocenters. The first-order valence-electron chi connectivity index (χ1n) is 9.69. The summed E-state index contributed by atoms with van der Waals surface area (Å²) < 4.78 is 0. The van der Waals surface area contributed by atoms with E-state index in [1.807, 2.05) is 72.8 Å². The van der Waals surface area contributed by atoms with Crippen molar-refractivity contribution >= 4 is 16.8 Å². The van der Waals surface area contributed by atoms with Crippen molar-refractivity contribution in [2.75, 3.05) is 0 Å². The van der Waals surface area contributed by atoms with Gasteiger partial charge in [0.25, 0.3) is 0 Å². The molecule has 5 nitrogen and oxygen atoms in total. The average molecular weight is 390 g/mol. The van der Waals surface area contributed by atoms with Crippen molar-refractivity contribution in [3.8, 4) is 22.5 Å². The van der Waals surface area contributed by atoms with Crippen LogP contribution in [-0.2, 0) is 6.42 Å². The zero-order chi connectivity index (χ0) is 20.3. The SMILES string of the molecule is O=C(Cc1ccc2nc(-c3ccc(-c4cncnc4)cc3)[nH]c2c1)c1ccccc1. The summed E-state index contributed by atoms with van der Waals surface area (Å²) in [5, 5.41) is 0. The summed E-state index contributed by atoms with van der Waals surface area (Å²) >= 11 is 0. The van der Waals surface area contributed by atoms with Gasteiger partial charge in [-0.25, -0.2) is 15.0 Å². The number of hydrogen-bond acceptors (Lipinski definition) is 4. The maximum Gasteiger partial charge on any atom is 0.167 e. The van der Waals surface area contributed by atoms with Crippen molar-refractivity contribution in [1.29, 1.82) is 0 Å². The van der Waals surface area contributed by atoms with E-state index in [9.17, 15) is 4.79 Å². The van der Waals surface area contributed by atoms with E-state index in [1.54, 1.807) is 12.4 Å². The van der Waals surface area contributed by atoms with Crippen LogP contribution in [0.4, 0.5) is 0 Å². The van der Waals surface area contributed by atoms with Crippen molar-refractivity contribution in [2.24, 2.45) is 0 Å². The molecule has 0 aliphatic rings. The predicted molar refractivity (Wildman–Crippen MR) is 117 cm³/mol. The first kappa shape index (κ1) is 17.9. The molecule has 3 aromatic carbocycles. The lowest BCUT2D eigenvalue weighted by Crippen LogP contribution is -2.02. The van der Waals surface area contributed by atoms with Gasteiger partial charge >= 0.3 is 0 Å². The number of aromatic amines is 1. The standard InChI is InChI=1S/C25H18N4O/c30-24(19-4-2-1-3-5-19)13-17-6-11-22-23(12-17)29-25(28-22)20-9-7-18(8-10-20)21-14-26-16-27-15-21/h1-12,14-16H,13H2,(H,28,29). The second kappa shape index (κ2) is 7.72. The highest BCUT2D eigenvalue weighted by Crippen LogP contribution is 2.25. The maximum atomic E-state index is 12.5. The fourth-order valence-electron chi connectivity index (χ4n) is 3.48. The number of hydrogen-bond donors (Lipinski definition) is 1. The van der Waals surface area contributed by atoms with E-state index in [1.165, 1.54) is 6.33 Å². The van der Waals surface area contributed by atoms with Crippen LogP contribution in [0.3, 0.4) is 0 Å². The number of imidazole rings is 1. The molecule has 0 bridgehead atoms. The second-order valence-electron chi connectivity index (χ2n) is 7.11. The van der Waals surface area contributed by atoms with Gasteiger partial charge in [-0.3, -0.25) is 4.79 Å². The third-order valence-electron chi connectivity index (χ3n) is 5.06. The Kier molecular flexibility index (Phi) is 4.62. The molecule has 2 heterocycles. The van der Waals surface area contributed by atoms with Crippen molar-refractivity contribution in [1.82, 2.24) is 19.9 Å². The number of H-pyrrole nitrogens is 1. The summed E-state index contributed by atoms with van der Waals surface area (Å²) in [6, 6.07) is 23.4. The average Bonchev–Trinajstić information content (AvgIpc) is 3.24. The lowest BCUT2D eigenvalue weighted by molar-refractivity contribution is 0.0993. The number of benzene rings is 3. The van der Waals surface area contributed by atoms with E-state index in [0.29, 0.717) is 6.42 Å². The molecule has 0 radical (unpaired) electrons. The van der Waals surface area contributed by atoms with Crippen molar-refractivity contribution in [3.63, 3.8) is 0 Å². The summed E-state index contributed by atoms with van der Waals surface area (Å²) in [6.45, 7) is 0. The normalized spacial score (nSPS) is 10.9. The van der Waals surface area contributed by atoms with E-state index < -0.39 is 0 Å². The first-order chi connectivity index (χ1) is 14.8. The molecule has 0 spiro atoms. The van der Waals surface area contributed by atoms with Crippen LogP contribution in [0.25, 0.3) is 33.5 Å². The summed E-state index contributed by atoms with van der Waals surface area (Å²) in [5.74, 6) is 0.905. The van der Waals surface area contributed by atoms with Crippen LogP contribution in [0.15, 0.2) is 91.5 Å². The number of carbonyl (C=O) groups excluding carboxylic acids is 1. The minimum atomic E-state index is 0.107. The van der Waals surface area contributed by atoms with E-state index in [0.717, 1.165) is 44.7 Å². The van der Waals surface area contributed by atoms with Gasteiger partial charge in [0.15, 0.2) is 5.78 Å². The number of fused-ring (bicyclic) bond motifs is 1. The van der Waals surface area contributed by atoms with Crippen LogP contribution in [0.5, 0.6) is 0 Å². The fourth-order valence-corrected chi connectivity index (χ4v) is 3.48. The minimum Gasteiger partial charge on any atom is -0.338 e. The molecule has 1 N–H and O–H groups in total. The van der Waals surface area contributed by atoms with Gasteiger partial charge in [-0.1, -0.05) is 60.7 Å². The van der Waals surface area contributed by atoms with Gasteiger partial charge in [-0.15, -0.1) is 0 Å². The minimum absolute atomic E-state index is 0.107. The largest absolute Gasteiger partial charge is 0.338 e. The lowest BCUT2D eigenvalue weighted by atomic mass is 10.0. The van der Waals surface area contributed by atoms with Gasteiger partial charge in [-0.2, -0.15) is 0 Å². The number of Topliss-reactive ketones (excluding diaryl/α,β-unsaturated/α-hetero) is 1. The topological polar surface area (TPSA) is 71.5 Å². The number of rotatable bonds is 5. The third kappa shape index (κ3) is 3.61.